The fourth-order valence-electron chi connectivity index (χ4n) is 2.52. The van der Waals surface area contributed by atoms with Gasteiger partial charge < -0.3 is 9.84 Å². The van der Waals surface area contributed by atoms with Gasteiger partial charge in [-0.05, 0) is 13.8 Å². The molecule has 4 nitrogen and oxygen atoms in total. The molecule has 0 bridgehead atoms. The van der Waals surface area contributed by atoms with Crippen LogP contribution in [0.2, 0.25) is 0 Å². The van der Waals surface area contributed by atoms with Gasteiger partial charge in [-0.25, -0.2) is 9.79 Å². The lowest BCUT2D eigenvalue weighted by molar-refractivity contribution is -0.163. The number of rotatable bonds is 8. The number of allylic oxidation sites excluding steroid dienone is 1. The Bertz CT molecular complexity index is 697. The van der Waals surface area contributed by atoms with E-state index in [9.17, 15) is 9.90 Å². The molecule has 0 aliphatic carbocycles. The molecule has 1 unspecified atom stereocenters. The Kier molecular flexibility index (Phi) is 6.66. The molecule has 0 saturated heterocycles. The Morgan fingerprint density at radius 3 is 2.00 bits per heavy atom. The largest absolute Gasteiger partial charge is 0.478 e. The van der Waals surface area contributed by atoms with Crippen LogP contribution < -0.4 is 0 Å². The van der Waals surface area contributed by atoms with Crippen LogP contribution in [0.4, 0.5) is 0 Å². The second kappa shape index (κ2) is 8.94. The third-order valence-corrected chi connectivity index (χ3v) is 3.73. The maximum absolute atomic E-state index is 12.0. The van der Waals surface area contributed by atoms with E-state index in [2.05, 4.69) is 4.99 Å². The van der Waals surface area contributed by atoms with Gasteiger partial charge in [0.25, 0.3) is 5.72 Å². The summed E-state index contributed by atoms with van der Waals surface area (Å²) in [6.45, 7) is 3.87. The summed E-state index contributed by atoms with van der Waals surface area (Å²) in [5.74, 6) is -1.10. The van der Waals surface area contributed by atoms with Crippen LogP contribution in [0, 0.1) is 0 Å². The van der Waals surface area contributed by atoms with Gasteiger partial charge in [-0.2, -0.15) is 0 Å². The molecule has 0 saturated carbocycles. The second-order valence-electron chi connectivity index (χ2n) is 5.49. The van der Waals surface area contributed by atoms with Crippen molar-refractivity contribution in [3.8, 4) is 0 Å². The lowest BCUT2D eigenvalue weighted by atomic mass is 10.0. The lowest BCUT2D eigenvalue weighted by Gasteiger charge is -2.25. The molecule has 130 valence electrons. The van der Waals surface area contributed by atoms with Crippen molar-refractivity contribution in [2.75, 3.05) is 6.61 Å². The summed E-state index contributed by atoms with van der Waals surface area (Å²) in [6, 6.07) is 19.1. The van der Waals surface area contributed by atoms with Gasteiger partial charge in [0.15, 0.2) is 0 Å². The number of hydrogen-bond acceptors (Lipinski definition) is 3. The van der Waals surface area contributed by atoms with E-state index < -0.39 is 11.7 Å². The third kappa shape index (κ3) is 4.64. The number of nitrogens with zero attached hydrogens (tertiary/aromatic N) is 1. The van der Waals surface area contributed by atoms with Crippen LogP contribution in [-0.4, -0.2) is 29.1 Å². The van der Waals surface area contributed by atoms with Crippen molar-refractivity contribution in [2.45, 2.75) is 26.0 Å². The first-order valence-corrected chi connectivity index (χ1v) is 8.32. The summed E-state index contributed by atoms with van der Waals surface area (Å²) < 4.78 is 5.63. The monoisotopic (exact) mass is 337 g/mol. The summed E-state index contributed by atoms with van der Waals surface area (Å²) >= 11 is 0. The van der Waals surface area contributed by atoms with Crippen molar-refractivity contribution in [3.05, 3.63) is 83.9 Å². The van der Waals surface area contributed by atoms with Gasteiger partial charge in [-0.15, -0.1) is 0 Å². The third-order valence-electron chi connectivity index (χ3n) is 3.73. The van der Waals surface area contributed by atoms with Crippen molar-refractivity contribution in [2.24, 2.45) is 4.99 Å². The average Bonchev–Trinajstić information content (AvgIpc) is 2.65. The Morgan fingerprint density at radius 2 is 1.60 bits per heavy atom. The Morgan fingerprint density at radius 1 is 1.08 bits per heavy atom. The number of aliphatic carboxylic acids is 1. The number of hydrogen-bond donors (Lipinski definition) is 1. The maximum Gasteiger partial charge on any atom is 0.359 e. The number of ether oxygens (including phenoxy) is 1. The zero-order valence-electron chi connectivity index (χ0n) is 14.6. The van der Waals surface area contributed by atoms with E-state index in [0.717, 1.165) is 11.1 Å². The Hall–Kier alpha value is -2.72. The highest BCUT2D eigenvalue weighted by molar-refractivity contribution is 6.13. The molecule has 25 heavy (non-hydrogen) atoms. The maximum atomic E-state index is 12.0. The quantitative estimate of drug-likeness (QED) is 0.577. The van der Waals surface area contributed by atoms with Crippen molar-refractivity contribution in [3.63, 3.8) is 0 Å². The second-order valence-corrected chi connectivity index (χ2v) is 5.49. The molecule has 0 aliphatic heterocycles. The van der Waals surface area contributed by atoms with Crippen LogP contribution in [0.25, 0.3) is 0 Å². The Balaban J connectivity index is 2.65. The smallest absolute Gasteiger partial charge is 0.359 e. The van der Waals surface area contributed by atoms with Gasteiger partial charge in [0, 0.05) is 24.2 Å². The molecule has 0 spiro atoms. The highest BCUT2D eigenvalue weighted by atomic mass is 16.5. The van der Waals surface area contributed by atoms with Crippen LogP contribution in [0.5, 0.6) is 0 Å². The summed E-state index contributed by atoms with van der Waals surface area (Å²) in [6.07, 6.45) is 3.73. The first-order valence-electron chi connectivity index (χ1n) is 8.32. The summed E-state index contributed by atoms with van der Waals surface area (Å²) in [5, 5.41) is 9.86. The van der Waals surface area contributed by atoms with E-state index >= 15 is 0 Å². The van der Waals surface area contributed by atoms with Crippen LogP contribution >= 0.6 is 0 Å². The molecule has 2 rings (SSSR count). The summed E-state index contributed by atoms with van der Waals surface area (Å²) in [4.78, 5) is 16.7. The fourth-order valence-corrected chi connectivity index (χ4v) is 2.52. The van der Waals surface area contributed by atoms with Crippen molar-refractivity contribution < 1.29 is 14.6 Å². The molecule has 1 atom stereocenters. The first-order chi connectivity index (χ1) is 12.1. The molecule has 2 aromatic rings. The van der Waals surface area contributed by atoms with Gasteiger partial charge in [0.05, 0.1) is 5.71 Å². The lowest BCUT2D eigenvalue weighted by Crippen LogP contribution is -2.40. The summed E-state index contributed by atoms with van der Waals surface area (Å²) in [5.41, 5.74) is 0.642. The number of carboxylic acids is 1. The normalized spacial score (nSPS) is 13.4. The number of aliphatic imine (C=N–C) groups is 1. The van der Waals surface area contributed by atoms with E-state index in [1.54, 1.807) is 19.1 Å². The van der Waals surface area contributed by atoms with Crippen molar-refractivity contribution in [1.29, 1.82) is 0 Å². The molecule has 0 heterocycles. The molecule has 0 amide bonds. The predicted molar refractivity (Wildman–Crippen MR) is 99.9 cm³/mol. The summed E-state index contributed by atoms with van der Waals surface area (Å²) in [7, 11) is 0. The SMILES string of the molecule is CC=CCC(N=C(c1ccccc1)c1ccccc1)(OCC)C(=O)O. The average molecular weight is 337 g/mol. The predicted octanol–water partition coefficient (Wildman–Crippen LogP) is 4.31. The van der Waals surface area contributed by atoms with Crippen LogP contribution in [0.15, 0.2) is 77.8 Å². The van der Waals surface area contributed by atoms with Crippen LogP contribution in [0.3, 0.4) is 0 Å². The van der Waals surface area contributed by atoms with E-state index in [-0.39, 0.29) is 13.0 Å². The Labute approximate surface area is 148 Å². The van der Waals surface area contributed by atoms with Gasteiger partial charge in [0.2, 0.25) is 0 Å². The van der Waals surface area contributed by atoms with Crippen molar-refractivity contribution >= 4 is 11.7 Å². The molecule has 0 fully saturated rings. The highest BCUT2D eigenvalue weighted by Gasteiger charge is 2.39. The van der Waals surface area contributed by atoms with Gasteiger partial charge in [-0.3, -0.25) is 0 Å². The molecule has 0 aliphatic rings. The first kappa shape index (κ1) is 18.6. The van der Waals surface area contributed by atoms with E-state index in [1.165, 1.54) is 0 Å². The molecule has 2 aromatic carbocycles. The van der Waals surface area contributed by atoms with E-state index in [0.29, 0.717) is 5.71 Å². The minimum atomic E-state index is -1.65. The topological polar surface area (TPSA) is 58.9 Å². The molecule has 0 radical (unpaired) electrons. The number of carbonyl (C=O) groups is 1. The standard InChI is InChI=1S/C21H23NO3/c1-3-5-16-21(20(23)24,25-4-2)22-19(17-12-8-6-9-13-17)18-14-10-7-11-15-18/h3,5-15H,4,16H2,1-2H3,(H,23,24). The van der Waals surface area contributed by atoms with Gasteiger partial charge >= 0.3 is 5.97 Å². The van der Waals surface area contributed by atoms with E-state index in [4.69, 9.17) is 4.74 Å². The number of carboxylic acid groups (broad SMARTS) is 1. The molecule has 4 heteroatoms. The fraction of sp³-hybridized carbons (Fsp3) is 0.238. The minimum absolute atomic E-state index is 0.163. The van der Waals surface area contributed by atoms with Gasteiger partial charge in [0.1, 0.15) is 0 Å². The number of benzene rings is 2. The molecule has 1 N–H and O–H groups in total. The molecule has 0 aromatic heterocycles. The highest BCUT2D eigenvalue weighted by Crippen LogP contribution is 2.24. The molecular formula is C21H23NO3. The minimum Gasteiger partial charge on any atom is -0.478 e. The van der Waals surface area contributed by atoms with E-state index in [1.807, 2.05) is 67.6 Å². The van der Waals surface area contributed by atoms with Gasteiger partial charge in [-0.1, -0.05) is 72.8 Å². The zero-order chi connectivity index (χ0) is 18.1. The molecular weight excluding hydrogens is 314 g/mol. The zero-order valence-corrected chi connectivity index (χ0v) is 14.6. The van der Waals surface area contributed by atoms with Crippen molar-refractivity contribution in [1.82, 2.24) is 0 Å². The van der Waals surface area contributed by atoms with Crippen LogP contribution in [-0.2, 0) is 9.53 Å². The van der Waals surface area contributed by atoms with Crippen LogP contribution in [0.1, 0.15) is 31.4 Å².